The number of hydrogen-bond acceptors (Lipinski definition) is 4. The van der Waals surface area contributed by atoms with Gasteiger partial charge in [0, 0.05) is 12.6 Å². The van der Waals surface area contributed by atoms with Gasteiger partial charge in [-0.25, -0.2) is 8.42 Å². The summed E-state index contributed by atoms with van der Waals surface area (Å²) in [7, 11) is -3.23. The van der Waals surface area contributed by atoms with Crippen molar-refractivity contribution in [2.45, 2.75) is 52.7 Å². The maximum Gasteiger partial charge on any atom is 0.216 e. The van der Waals surface area contributed by atoms with Gasteiger partial charge < -0.3 is 10.1 Å². The first-order valence-electron chi connectivity index (χ1n) is 7.64. The van der Waals surface area contributed by atoms with Crippen LogP contribution in [-0.4, -0.2) is 56.9 Å². The fraction of sp³-hybridized carbons (Fsp3) is 1.00. The second-order valence-electron chi connectivity index (χ2n) is 6.09. The van der Waals surface area contributed by atoms with Crippen molar-refractivity contribution in [2.75, 3.05) is 32.0 Å². The average molecular weight is 306 g/mol. The Morgan fingerprint density at radius 1 is 1.20 bits per heavy atom. The molecule has 1 saturated heterocycles. The van der Waals surface area contributed by atoms with Crippen LogP contribution in [0, 0.1) is 5.92 Å². The van der Waals surface area contributed by atoms with Crippen molar-refractivity contribution in [3.05, 3.63) is 0 Å². The third kappa shape index (κ3) is 6.08. The molecule has 1 aliphatic heterocycles. The minimum Gasteiger partial charge on any atom is -0.378 e. The van der Waals surface area contributed by atoms with Crippen molar-refractivity contribution in [1.82, 2.24) is 9.62 Å². The highest BCUT2D eigenvalue weighted by Gasteiger charge is 2.28. The van der Waals surface area contributed by atoms with Crippen molar-refractivity contribution in [2.24, 2.45) is 5.92 Å². The Hall–Kier alpha value is -0.170. The molecule has 0 unspecified atom stereocenters. The lowest BCUT2D eigenvalue weighted by Crippen LogP contribution is -2.44. The molecule has 1 fully saturated rings. The largest absolute Gasteiger partial charge is 0.378 e. The Morgan fingerprint density at radius 3 is 2.30 bits per heavy atom. The lowest BCUT2D eigenvalue weighted by Gasteiger charge is -2.32. The number of nitrogens with zero attached hydrogens (tertiary/aromatic N) is 1. The SMILES string of the molecule is CC(C)OCCS(=O)(=O)N(CC1CCNCC1)C(C)C. The molecular weight excluding hydrogens is 276 g/mol. The minimum atomic E-state index is -3.23. The molecule has 0 aliphatic carbocycles. The van der Waals surface area contributed by atoms with Crippen LogP contribution in [0.3, 0.4) is 0 Å². The maximum atomic E-state index is 12.5. The van der Waals surface area contributed by atoms with Gasteiger partial charge in [0.05, 0.1) is 18.5 Å². The van der Waals surface area contributed by atoms with Crippen molar-refractivity contribution >= 4 is 10.0 Å². The molecule has 5 nitrogen and oxygen atoms in total. The van der Waals surface area contributed by atoms with E-state index in [2.05, 4.69) is 5.32 Å². The van der Waals surface area contributed by atoms with Crippen LogP contribution in [0.25, 0.3) is 0 Å². The molecule has 1 aliphatic rings. The Bertz CT molecular complexity index is 363. The second kappa shape index (κ2) is 8.32. The fourth-order valence-corrected chi connectivity index (χ4v) is 4.09. The van der Waals surface area contributed by atoms with Crippen LogP contribution in [0.4, 0.5) is 0 Å². The molecule has 0 radical (unpaired) electrons. The van der Waals surface area contributed by atoms with Crippen molar-refractivity contribution < 1.29 is 13.2 Å². The molecule has 0 aromatic heterocycles. The number of ether oxygens (including phenoxy) is 1. The topological polar surface area (TPSA) is 58.6 Å². The van der Waals surface area contributed by atoms with Gasteiger partial charge in [-0.1, -0.05) is 0 Å². The van der Waals surface area contributed by atoms with Crippen LogP contribution in [0.2, 0.25) is 0 Å². The minimum absolute atomic E-state index is 0.00827. The summed E-state index contributed by atoms with van der Waals surface area (Å²) < 4.78 is 32.0. The molecule has 0 saturated carbocycles. The van der Waals surface area contributed by atoms with Gasteiger partial charge in [-0.05, 0) is 59.5 Å². The van der Waals surface area contributed by atoms with E-state index in [0.717, 1.165) is 25.9 Å². The molecular formula is C14H30N2O3S. The average Bonchev–Trinajstić information content (AvgIpc) is 2.36. The summed E-state index contributed by atoms with van der Waals surface area (Å²) in [5.74, 6) is 0.549. The summed E-state index contributed by atoms with van der Waals surface area (Å²) in [6.07, 6.45) is 2.18. The summed E-state index contributed by atoms with van der Waals surface area (Å²) in [5, 5.41) is 3.31. The van der Waals surface area contributed by atoms with E-state index in [1.807, 2.05) is 27.7 Å². The summed E-state index contributed by atoms with van der Waals surface area (Å²) in [5.41, 5.74) is 0. The number of nitrogens with one attached hydrogen (secondary N) is 1. The maximum absolute atomic E-state index is 12.5. The molecule has 0 amide bonds. The molecule has 20 heavy (non-hydrogen) atoms. The number of rotatable bonds is 8. The van der Waals surface area contributed by atoms with Gasteiger partial charge >= 0.3 is 0 Å². The monoisotopic (exact) mass is 306 g/mol. The predicted molar refractivity (Wildman–Crippen MR) is 82.3 cm³/mol. The van der Waals surface area contributed by atoms with Crippen LogP contribution in [-0.2, 0) is 14.8 Å². The van der Waals surface area contributed by atoms with E-state index in [1.54, 1.807) is 4.31 Å². The Morgan fingerprint density at radius 2 is 1.80 bits per heavy atom. The highest BCUT2D eigenvalue weighted by Crippen LogP contribution is 2.18. The van der Waals surface area contributed by atoms with Crippen molar-refractivity contribution in [3.8, 4) is 0 Å². The molecule has 0 atom stereocenters. The van der Waals surface area contributed by atoms with E-state index >= 15 is 0 Å². The molecule has 0 spiro atoms. The van der Waals surface area contributed by atoms with Gasteiger partial charge in [0.2, 0.25) is 10.0 Å². The Balaban J connectivity index is 2.58. The van der Waals surface area contributed by atoms with Crippen LogP contribution < -0.4 is 5.32 Å². The van der Waals surface area contributed by atoms with Gasteiger partial charge in [-0.2, -0.15) is 4.31 Å². The van der Waals surface area contributed by atoms with Crippen LogP contribution in [0.1, 0.15) is 40.5 Å². The van der Waals surface area contributed by atoms with E-state index in [0.29, 0.717) is 12.5 Å². The predicted octanol–water partition coefficient (Wildman–Crippen LogP) is 1.45. The normalized spacial score (nSPS) is 18.4. The summed E-state index contributed by atoms with van der Waals surface area (Å²) in [4.78, 5) is 0. The zero-order chi connectivity index (χ0) is 15.2. The van der Waals surface area contributed by atoms with Gasteiger partial charge in [0.1, 0.15) is 0 Å². The molecule has 1 N–H and O–H groups in total. The molecule has 0 aromatic carbocycles. The first-order chi connectivity index (χ1) is 9.33. The molecule has 1 heterocycles. The van der Waals surface area contributed by atoms with Crippen molar-refractivity contribution in [3.63, 3.8) is 0 Å². The van der Waals surface area contributed by atoms with E-state index < -0.39 is 10.0 Å². The molecule has 6 heteroatoms. The van der Waals surface area contributed by atoms with Gasteiger partial charge in [0.15, 0.2) is 0 Å². The van der Waals surface area contributed by atoms with Crippen LogP contribution in [0.15, 0.2) is 0 Å². The summed E-state index contributed by atoms with van der Waals surface area (Å²) in [6.45, 7) is 10.6. The highest BCUT2D eigenvalue weighted by molar-refractivity contribution is 7.89. The molecule has 120 valence electrons. The van der Waals surface area contributed by atoms with Gasteiger partial charge in [0.25, 0.3) is 0 Å². The zero-order valence-electron chi connectivity index (χ0n) is 13.3. The quantitative estimate of drug-likeness (QED) is 0.737. The highest BCUT2D eigenvalue weighted by atomic mass is 32.2. The molecule has 0 aromatic rings. The van der Waals surface area contributed by atoms with E-state index in [9.17, 15) is 8.42 Å². The second-order valence-corrected chi connectivity index (χ2v) is 8.13. The zero-order valence-corrected chi connectivity index (χ0v) is 14.1. The van der Waals surface area contributed by atoms with E-state index in [1.165, 1.54) is 0 Å². The first-order valence-corrected chi connectivity index (χ1v) is 9.25. The lowest BCUT2D eigenvalue weighted by atomic mass is 9.98. The Labute approximate surface area is 124 Å². The van der Waals surface area contributed by atoms with Crippen molar-refractivity contribution in [1.29, 1.82) is 0 Å². The smallest absolute Gasteiger partial charge is 0.216 e. The van der Waals surface area contributed by atoms with Crippen LogP contribution >= 0.6 is 0 Å². The number of hydrogen-bond donors (Lipinski definition) is 1. The van der Waals surface area contributed by atoms with Gasteiger partial charge in [-0.3, -0.25) is 0 Å². The lowest BCUT2D eigenvalue weighted by molar-refractivity contribution is 0.0904. The summed E-state index contributed by atoms with van der Waals surface area (Å²) in [6, 6.07) is 0.00827. The third-order valence-electron chi connectivity index (χ3n) is 3.62. The Kier molecular flexibility index (Phi) is 7.43. The van der Waals surface area contributed by atoms with Crippen LogP contribution in [0.5, 0.6) is 0 Å². The fourth-order valence-electron chi connectivity index (χ4n) is 2.47. The number of piperidine rings is 1. The van der Waals surface area contributed by atoms with E-state index in [4.69, 9.17) is 4.74 Å². The van der Waals surface area contributed by atoms with Gasteiger partial charge in [-0.15, -0.1) is 0 Å². The third-order valence-corrected chi connectivity index (χ3v) is 5.59. The number of sulfonamides is 1. The standard InChI is InChI=1S/C14H30N2O3S/c1-12(2)16(11-14-5-7-15-8-6-14)20(17,18)10-9-19-13(3)4/h12-15H,5-11H2,1-4H3. The summed E-state index contributed by atoms with van der Waals surface area (Å²) >= 11 is 0. The van der Waals surface area contributed by atoms with E-state index in [-0.39, 0.29) is 24.5 Å². The first kappa shape index (κ1) is 17.9. The molecule has 0 bridgehead atoms. The molecule has 1 rings (SSSR count).